The molecule has 1 aromatic carbocycles. The highest BCUT2D eigenvalue weighted by atomic mass is 15.3. The maximum Gasteiger partial charge on any atom is 0.177 e. The molecule has 0 spiro atoms. The molecule has 2 aromatic heterocycles. The van der Waals surface area contributed by atoms with Gasteiger partial charge in [-0.15, -0.1) is 10.2 Å². The molecule has 14 heavy (non-hydrogen) atoms. The Labute approximate surface area is 80.2 Å². The summed E-state index contributed by atoms with van der Waals surface area (Å²) in [7, 11) is 0. The van der Waals surface area contributed by atoms with Gasteiger partial charge in [-0.2, -0.15) is 5.10 Å². The van der Waals surface area contributed by atoms with E-state index >= 15 is 0 Å². The summed E-state index contributed by atoms with van der Waals surface area (Å²) in [5.74, 6) is 0. The van der Waals surface area contributed by atoms with Gasteiger partial charge in [-0.05, 0) is 24.6 Å². The lowest BCUT2D eigenvalue weighted by Crippen LogP contribution is -1.95. The Kier molecular flexibility index (Phi) is 1.33. The van der Waals surface area contributed by atoms with Crippen molar-refractivity contribution >= 4 is 16.7 Å². The summed E-state index contributed by atoms with van der Waals surface area (Å²) in [6.07, 6.45) is 1.73. The third kappa shape index (κ3) is 0.907. The molecule has 3 aromatic rings. The molecule has 0 bridgehead atoms. The summed E-state index contributed by atoms with van der Waals surface area (Å²) in [4.78, 5) is 0. The first-order valence-electron chi connectivity index (χ1n) is 4.41. The van der Waals surface area contributed by atoms with Crippen LogP contribution in [0.15, 0.2) is 30.5 Å². The van der Waals surface area contributed by atoms with Crippen LogP contribution in [0.5, 0.6) is 0 Å². The van der Waals surface area contributed by atoms with Gasteiger partial charge in [0.2, 0.25) is 0 Å². The third-order valence-electron chi connectivity index (χ3n) is 2.24. The van der Waals surface area contributed by atoms with Crippen molar-refractivity contribution in [3.8, 4) is 0 Å². The topological polar surface area (TPSA) is 43.1 Å². The van der Waals surface area contributed by atoms with Crippen LogP contribution in [-0.2, 0) is 0 Å². The molecule has 0 unspecified atom stereocenters. The summed E-state index contributed by atoms with van der Waals surface area (Å²) in [5, 5.41) is 12.4. The van der Waals surface area contributed by atoms with Crippen LogP contribution in [0.3, 0.4) is 0 Å². The molecule has 4 heteroatoms. The van der Waals surface area contributed by atoms with Crippen LogP contribution in [0.4, 0.5) is 0 Å². The summed E-state index contributed by atoms with van der Waals surface area (Å²) in [6.45, 7) is 2.05. The largest absolute Gasteiger partial charge is 0.211 e. The fourth-order valence-electron chi connectivity index (χ4n) is 1.55. The normalized spacial score (nSPS) is 11.2. The molecule has 4 nitrogen and oxygen atoms in total. The Balaban J connectivity index is 2.60. The summed E-state index contributed by atoms with van der Waals surface area (Å²) in [6, 6.07) is 7.88. The average Bonchev–Trinajstić information content (AvgIpc) is 2.65. The lowest BCUT2D eigenvalue weighted by molar-refractivity contribution is 0.942. The van der Waals surface area contributed by atoms with Gasteiger partial charge in [0.1, 0.15) is 5.52 Å². The van der Waals surface area contributed by atoms with Crippen LogP contribution >= 0.6 is 0 Å². The summed E-state index contributed by atoms with van der Waals surface area (Å²) < 4.78 is 1.80. The van der Waals surface area contributed by atoms with Gasteiger partial charge in [-0.25, -0.2) is 4.52 Å². The molecule has 0 radical (unpaired) electrons. The smallest absolute Gasteiger partial charge is 0.177 e. The van der Waals surface area contributed by atoms with Gasteiger partial charge in [-0.1, -0.05) is 6.07 Å². The quantitative estimate of drug-likeness (QED) is 0.532. The maximum atomic E-state index is 4.20. The molecule has 0 atom stereocenters. The number of benzene rings is 1. The van der Waals surface area contributed by atoms with E-state index in [0.29, 0.717) is 0 Å². The molecule has 68 valence electrons. The Morgan fingerprint density at radius 3 is 3.00 bits per heavy atom. The molecule has 0 amide bonds. The van der Waals surface area contributed by atoms with E-state index in [0.717, 1.165) is 16.7 Å². The lowest BCUT2D eigenvalue weighted by atomic mass is 10.2. The molecular weight excluding hydrogens is 176 g/mol. The zero-order valence-electron chi connectivity index (χ0n) is 7.68. The second-order valence-electron chi connectivity index (χ2n) is 3.29. The van der Waals surface area contributed by atoms with Gasteiger partial charge in [0.15, 0.2) is 5.65 Å². The van der Waals surface area contributed by atoms with Gasteiger partial charge in [0.05, 0.1) is 11.7 Å². The zero-order valence-corrected chi connectivity index (χ0v) is 7.68. The van der Waals surface area contributed by atoms with Crippen molar-refractivity contribution < 1.29 is 0 Å². The van der Waals surface area contributed by atoms with Gasteiger partial charge < -0.3 is 0 Å². The van der Waals surface area contributed by atoms with Crippen LogP contribution < -0.4 is 0 Å². The van der Waals surface area contributed by atoms with E-state index in [9.17, 15) is 0 Å². The lowest BCUT2D eigenvalue weighted by Gasteiger charge is -1.99. The van der Waals surface area contributed by atoms with Crippen LogP contribution in [-0.4, -0.2) is 19.8 Å². The Morgan fingerprint density at radius 1 is 1.14 bits per heavy atom. The minimum absolute atomic E-state index is 0.781. The van der Waals surface area contributed by atoms with Gasteiger partial charge in [-0.3, -0.25) is 0 Å². The number of aromatic nitrogens is 4. The maximum absolute atomic E-state index is 4.20. The minimum Gasteiger partial charge on any atom is -0.211 e. The predicted octanol–water partition coefficient (Wildman–Crippen LogP) is 1.59. The van der Waals surface area contributed by atoms with E-state index in [1.807, 2.05) is 18.2 Å². The fourth-order valence-corrected chi connectivity index (χ4v) is 1.55. The van der Waals surface area contributed by atoms with E-state index in [2.05, 4.69) is 28.3 Å². The van der Waals surface area contributed by atoms with Crippen molar-refractivity contribution in [1.82, 2.24) is 19.8 Å². The Hall–Kier alpha value is -1.97. The van der Waals surface area contributed by atoms with Gasteiger partial charge in [0.25, 0.3) is 0 Å². The first-order valence-corrected chi connectivity index (χ1v) is 4.41. The first-order chi connectivity index (χ1) is 6.84. The van der Waals surface area contributed by atoms with E-state index in [-0.39, 0.29) is 0 Å². The summed E-state index contributed by atoms with van der Waals surface area (Å²) >= 11 is 0. The Bertz CT molecular complexity index is 612. The van der Waals surface area contributed by atoms with Gasteiger partial charge >= 0.3 is 0 Å². The van der Waals surface area contributed by atoms with Crippen molar-refractivity contribution in [2.24, 2.45) is 0 Å². The highest BCUT2D eigenvalue weighted by Crippen LogP contribution is 2.13. The van der Waals surface area contributed by atoms with E-state index < -0.39 is 0 Å². The van der Waals surface area contributed by atoms with Crippen LogP contribution in [0.25, 0.3) is 16.7 Å². The summed E-state index contributed by atoms with van der Waals surface area (Å²) in [5.41, 5.74) is 3.84. The van der Waals surface area contributed by atoms with Crippen molar-refractivity contribution in [3.05, 3.63) is 36.0 Å². The highest BCUT2D eigenvalue weighted by molar-refractivity contribution is 5.76. The molecule has 2 heterocycles. The van der Waals surface area contributed by atoms with Gasteiger partial charge in [0, 0.05) is 6.07 Å². The van der Waals surface area contributed by atoms with Crippen molar-refractivity contribution in [2.45, 2.75) is 6.92 Å². The highest BCUT2D eigenvalue weighted by Gasteiger charge is 2.02. The molecule has 0 saturated carbocycles. The molecule has 0 saturated heterocycles. The zero-order chi connectivity index (χ0) is 9.54. The molecule has 0 N–H and O–H groups in total. The minimum atomic E-state index is 0.781. The fraction of sp³-hybridized carbons (Fsp3) is 0.100. The first kappa shape index (κ1) is 7.44. The van der Waals surface area contributed by atoms with Crippen molar-refractivity contribution in [3.63, 3.8) is 0 Å². The second kappa shape index (κ2) is 2.51. The van der Waals surface area contributed by atoms with Crippen molar-refractivity contribution in [2.75, 3.05) is 0 Å². The van der Waals surface area contributed by atoms with E-state index in [4.69, 9.17) is 0 Å². The van der Waals surface area contributed by atoms with Crippen LogP contribution in [0.1, 0.15) is 5.56 Å². The Morgan fingerprint density at radius 2 is 2.07 bits per heavy atom. The molecule has 0 aliphatic rings. The van der Waals surface area contributed by atoms with Crippen LogP contribution in [0, 0.1) is 6.92 Å². The molecule has 0 fully saturated rings. The number of nitrogens with zero attached hydrogens (tertiary/aromatic N) is 4. The van der Waals surface area contributed by atoms with Crippen LogP contribution in [0.2, 0.25) is 0 Å². The monoisotopic (exact) mass is 184 g/mol. The second-order valence-corrected chi connectivity index (χ2v) is 3.29. The van der Waals surface area contributed by atoms with E-state index in [1.165, 1.54) is 5.56 Å². The molecular formula is C10H8N4. The predicted molar refractivity (Wildman–Crippen MR) is 53.0 cm³/mol. The third-order valence-corrected chi connectivity index (χ3v) is 2.24. The number of hydrogen-bond donors (Lipinski definition) is 0. The number of aryl methyl sites for hydroxylation is 1. The van der Waals surface area contributed by atoms with E-state index in [1.54, 1.807) is 10.7 Å². The average molecular weight is 184 g/mol. The number of fused-ring (bicyclic) bond motifs is 3. The molecule has 0 aliphatic carbocycles. The number of rotatable bonds is 0. The van der Waals surface area contributed by atoms with Crippen molar-refractivity contribution in [1.29, 1.82) is 0 Å². The SMILES string of the molecule is Cc1ccc2nnc3ccnn3c2c1. The molecule has 3 rings (SSSR count). The number of hydrogen-bond acceptors (Lipinski definition) is 3. The molecule has 0 aliphatic heterocycles. The standard InChI is InChI=1S/C10H8N4/c1-7-2-3-8-9(6-7)14-10(13-12-8)4-5-11-14/h2-6H,1H3.